The number of methoxy groups -OCH3 is 1. The Balaban J connectivity index is 1.86. The first-order valence-electron chi connectivity index (χ1n) is 8.66. The van der Waals surface area contributed by atoms with Crippen LogP contribution in [0.2, 0.25) is 0 Å². The molecule has 140 valence electrons. The molecule has 0 saturated carbocycles. The van der Waals surface area contributed by atoms with Gasteiger partial charge in [0.2, 0.25) is 0 Å². The van der Waals surface area contributed by atoms with Crippen LogP contribution in [0.4, 0.5) is 5.82 Å². The fourth-order valence-electron chi connectivity index (χ4n) is 3.22. The summed E-state index contributed by atoms with van der Waals surface area (Å²) >= 11 is 3.34. The molecule has 27 heavy (non-hydrogen) atoms. The summed E-state index contributed by atoms with van der Waals surface area (Å²) in [4.78, 5) is 18.2. The Labute approximate surface area is 165 Å². The lowest BCUT2D eigenvalue weighted by Crippen LogP contribution is -2.11. The van der Waals surface area contributed by atoms with Gasteiger partial charge in [0.1, 0.15) is 16.4 Å². The third kappa shape index (κ3) is 3.35. The van der Waals surface area contributed by atoms with E-state index in [-0.39, 0.29) is 11.2 Å². The van der Waals surface area contributed by atoms with Crippen LogP contribution >= 0.6 is 23.1 Å². The number of carbonyl (C=O) groups excluding carboxylic acids is 1. The Hall–Kier alpha value is -2.32. The fourth-order valence-corrected chi connectivity index (χ4v) is 5.67. The SMILES string of the molecule is COC(=O)c1cc(C2SC(C)CNc3[nH]nc(-c4ccccn4)c32)c(C)s1. The predicted molar refractivity (Wildman–Crippen MR) is 110 cm³/mol. The van der Waals surface area contributed by atoms with Crippen LogP contribution in [0.25, 0.3) is 11.4 Å². The third-order valence-electron chi connectivity index (χ3n) is 4.53. The van der Waals surface area contributed by atoms with Gasteiger partial charge in [-0.3, -0.25) is 10.1 Å². The van der Waals surface area contributed by atoms with Gasteiger partial charge in [-0.05, 0) is 30.7 Å². The molecular formula is C19H20N4O2S2. The molecule has 0 radical (unpaired) electrons. The zero-order chi connectivity index (χ0) is 19.0. The van der Waals surface area contributed by atoms with Gasteiger partial charge in [-0.15, -0.1) is 23.1 Å². The monoisotopic (exact) mass is 400 g/mol. The molecule has 0 amide bonds. The Bertz CT molecular complexity index is 968. The zero-order valence-corrected chi connectivity index (χ0v) is 16.9. The normalized spacial score (nSPS) is 19.1. The molecule has 2 unspecified atom stereocenters. The lowest BCUT2D eigenvalue weighted by atomic mass is 10.0. The topological polar surface area (TPSA) is 79.9 Å². The average molecular weight is 401 g/mol. The van der Waals surface area contributed by atoms with Crippen molar-refractivity contribution in [1.29, 1.82) is 0 Å². The maximum Gasteiger partial charge on any atom is 0.348 e. The zero-order valence-electron chi connectivity index (χ0n) is 15.3. The van der Waals surface area contributed by atoms with Crippen molar-refractivity contribution < 1.29 is 9.53 Å². The Morgan fingerprint density at radius 2 is 2.22 bits per heavy atom. The third-order valence-corrected chi connectivity index (χ3v) is 6.97. The molecule has 6 nitrogen and oxygen atoms in total. The van der Waals surface area contributed by atoms with Gasteiger partial charge in [-0.25, -0.2) is 4.79 Å². The van der Waals surface area contributed by atoms with Crippen LogP contribution in [0, 0.1) is 6.92 Å². The first-order chi connectivity index (χ1) is 13.1. The number of rotatable bonds is 3. The first-order valence-corrected chi connectivity index (χ1v) is 10.4. The van der Waals surface area contributed by atoms with Crippen LogP contribution in [-0.2, 0) is 4.74 Å². The summed E-state index contributed by atoms with van der Waals surface area (Å²) in [6, 6.07) is 7.78. The number of thioether (sulfide) groups is 1. The lowest BCUT2D eigenvalue weighted by Gasteiger charge is -2.18. The van der Waals surface area contributed by atoms with Crippen molar-refractivity contribution in [3.63, 3.8) is 0 Å². The van der Waals surface area contributed by atoms with E-state index in [2.05, 4.69) is 34.3 Å². The molecule has 4 heterocycles. The highest BCUT2D eigenvalue weighted by atomic mass is 32.2. The molecule has 2 atom stereocenters. The summed E-state index contributed by atoms with van der Waals surface area (Å²) in [5, 5.41) is 11.6. The Kier molecular flexibility index (Phi) is 4.92. The minimum Gasteiger partial charge on any atom is -0.465 e. The van der Waals surface area contributed by atoms with Crippen molar-refractivity contribution in [2.24, 2.45) is 0 Å². The van der Waals surface area contributed by atoms with Gasteiger partial charge in [0.05, 0.1) is 18.1 Å². The van der Waals surface area contributed by atoms with Crippen molar-refractivity contribution in [1.82, 2.24) is 15.2 Å². The minimum atomic E-state index is -0.295. The van der Waals surface area contributed by atoms with Gasteiger partial charge in [0.25, 0.3) is 0 Å². The van der Waals surface area contributed by atoms with Crippen LogP contribution in [0.3, 0.4) is 0 Å². The number of pyridine rings is 1. The molecule has 0 aromatic carbocycles. The lowest BCUT2D eigenvalue weighted by molar-refractivity contribution is 0.0606. The molecule has 0 spiro atoms. The van der Waals surface area contributed by atoms with Crippen LogP contribution in [-0.4, -0.2) is 40.1 Å². The fraction of sp³-hybridized carbons (Fsp3) is 0.316. The van der Waals surface area contributed by atoms with Gasteiger partial charge in [0.15, 0.2) is 0 Å². The standard InChI is InChI=1S/C19H20N4O2S2/c1-10-9-21-18-15(16(22-23-18)13-6-4-5-7-20-13)17(26-10)12-8-14(19(24)25-3)27-11(12)2/h4-8,10,17H,9H2,1-3H3,(H2,21,22,23). The number of hydrogen-bond donors (Lipinski definition) is 2. The second-order valence-electron chi connectivity index (χ2n) is 6.40. The van der Waals surface area contributed by atoms with E-state index in [4.69, 9.17) is 4.74 Å². The molecule has 2 N–H and O–H groups in total. The largest absolute Gasteiger partial charge is 0.465 e. The number of H-pyrrole nitrogens is 1. The summed E-state index contributed by atoms with van der Waals surface area (Å²) in [6.45, 7) is 5.09. The van der Waals surface area contributed by atoms with E-state index in [0.29, 0.717) is 10.1 Å². The molecule has 8 heteroatoms. The van der Waals surface area contributed by atoms with Crippen molar-refractivity contribution in [2.75, 3.05) is 19.0 Å². The van der Waals surface area contributed by atoms with Crippen molar-refractivity contribution in [3.8, 4) is 11.4 Å². The van der Waals surface area contributed by atoms with Gasteiger partial charge < -0.3 is 10.1 Å². The quantitative estimate of drug-likeness (QED) is 0.639. The Morgan fingerprint density at radius 3 is 2.96 bits per heavy atom. The van der Waals surface area contributed by atoms with Crippen molar-refractivity contribution in [3.05, 3.63) is 51.3 Å². The molecule has 0 bridgehead atoms. The summed E-state index contributed by atoms with van der Waals surface area (Å²) in [6.07, 6.45) is 1.77. The van der Waals surface area contributed by atoms with Crippen LogP contribution < -0.4 is 5.32 Å². The second kappa shape index (κ2) is 7.36. The second-order valence-corrected chi connectivity index (χ2v) is 9.20. The number of nitrogens with one attached hydrogen (secondary N) is 2. The van der Waals surface area contributed by atoms with Gasteiger partial charge in [-0.1, -0.05) is 13.0 Å². The number of hydrogen-bond acceptors (Lipinski definition) is 7. The molecule has 0 saturated heterocycles. The maximum absolute atomic E-state index is 12.0. The van der Waals surface area contributed by atoms with Gasteiger partial charge >= 0.3 is 5.97 Å². The summed E-state index contributed by atoms with van der Waals surface area (Å²) in [5.41, 5.74) is 3.88. The number of esters is 1. The number of aryl methyl sites for hydroxylation is 1. The molecule has 3 aromatic heterocycles. The highest BCUT2D eigenvalue weighted by Crippen LogP contribution is 2.48. The predicted octanol–water partition coefficient (Wildman–Crippen LogP) is 4.26. The first kappa shape index (κ1) is 18.1. The minimum absolute atomic E-state index is 0.0513. The number of carbonyl (C=O) groups is 1. The number of anilines is 1. The number of aromatic nitrogens is 3. The molecular weight excluding hydrogens is 380 g/mol. The summed E-state index contributed by atoms with van der Waals surface area (Å²) in [7, 11) is 1.41. The highest BCUT2D eigenvalue weighted by molar-refractivity contribution is 8.00. The Morgan fingerprint density at radius 1 is 1.37 bits per heavy atom. The summed E-state index contributed by atoms with van der Waals surface area (Å²) < 4.78 is 4.91. The number of thiophene rings is 1. The van der Waals surface area contributed by atoms with Gasteiger partial charge in [-0.2, -0.15) is 5.10 Å². The average Bonchev–Trinajstić information content (AvgIpc) is 3.24. The van der Waals surface area contributed by atoms with E-state index in [0.717, 1.165) is 39.8 Å². The van der Waals surface area contributed by atoms with Crippen LogP contribution in [0.5, 0.6) is 0 Å². The van der Waals surface area contributed by atoms with E-state index in [1.165, 1.54) is 18.4 Å². The molecule has 4 rings (SSSR count). The molecule has 0 aliphatic carbocycles. The van der Waals surface area contributed by atoms with Crippen molar-refractivity contribution >= 4 is 34.9 Å². The molecule has 1 aliphatic rings. The number of aromatic amines is 1. The summed E-state index contributed by atoms with van der Waals surface area (Å²) in [5.74, 6) is 0.624. The van der Waals surface area contributed by atoms with E-state index < -0.39 is 0 Å². The number of fused-ring (bicyclic) bond motifs is 1. The molecule has 1 aliphatic heterocycles. The number of ether oxygens (including phenoxy) is 1. The molecule has 0 fully saturated rings. The van der Waals surface area contributed by atoms with E-state index in [9.17, 15) is 4.79 Å². The van der Waals surface area contributed by atoms with Gasteiger partial charge in [0, 0.05) is 28.4 Å². The van der Waals surface area contributed by atoms with E-state index >= 15 is 0 Å². The van der Waals surface area contributed by atoms with E-state index in [1.54, 1.807) is 6.20 Å². The smallest absolute Gasteiger partial charge is 0.348 e. The van der Waals surface area contributed by atoms with Crippen LogP contribution in [0.1, 0.15) is 37.8 Å². The molecule has 3 aromatic rings. The number of nitrogens with zero attached hydrogens (tertiary/aromatic N) is 2. The van der Waals surface area contributed by atoms with Crippen LogP contribution in [0.15, 0.2) is 30.5 Å². The highest BCUT2D eigenvalue weighted by Gasteiger charge is 2.32. The van der Waals surface area contributed by atoms with Crippen molar-refractivity contribution in [2.45, 2.75) is 24.3 Å². The van der Waals surface area contributed by atoms with E-state index in [1.807, 2.05) is 36.0 Å². The maximum atomic E-state index is 12.0.